The summed E-state index contributed by atoms with van der Waals surface area (Å²) >= 11 is 0. The van der Waals surface area contributed by atoms with Crippen LogP contribution >= 0.6 is 0 Å². The van der Waals surface area contributed by atoms with Crippen LogP contribution in [-0.2, 0) is 9.84 Å². The van der Waals surface area contributed by atoms with E-state index in [-0.39, 0.29) is 22.6 Å². The summed E-state index contributed by atoms with van der Waals surface area (Å²) in [6.07, 6.45) is 1.63. The maximum Gasteiger partial charge on any atom is 0.405 e. The summed E-state index contributed by atoms with van der Waals surface area (Å²) in [5.41, 5.74) is 0.238. The molecule has 3 aromatic rings. The first kappa shape index (κ1) is 24.3. The van der Waals surface area contributed by atoms with Gasteiger partial charge < -0.3 is 15.7 Å². The predicted molar refractivity (Wildman–Crippen MR) is 127 cm³/mol. The van der Waals surface area contributed by atoms with Crippen molar-refractivity contribution in [2.45, 2.75) is 55.6 Å². The van der Waals surface area contributed by atoms with Crippen molar-refractivity contribution in [1.82, 2.24) is 24.8 Å². The zero-order chi connectivity index (χ0) is 25.7. The lowest BCUT2D eigenvalue weighted by Crippen LogP contribution is -2.57. The van der Waals surface area contributed by atoms with Crippen molar-refractivity contribution in [2.24, 2.45) is 5.41 Å². The van der Waals surface area contributed by atoms with E-state index >= 15 is 0 Å². The molecule has 3 fully saturated rings. The number of imidazole rings is 1. The van der Waals surface area contributed by atoms with Gasteiger partial charge in [0.15, 0.2) is 5.82 Å². The molecule has 3 aliphatic rings. The zero-order valence-electron chi connectivity index (χ0n) is 19.5. The van der Waals surface area contributed by atoms with Gasteiger partial charge in [0.2, 0.25) is 9.84 Å². The van der Waals surface area contributed by atoms with Gasteiger partial charge in [0.05, 0.1) is 11.0 Å². The number of carbonyl (C=O) groups is 1. The van der Waals surface area contributed by atoms with E-state index in [2.05, 4.69) is 25.6 Å². The molecule has 0 unspecified atom stereocenters. The van der Waals surface area contributed by atoms with Gasteiger partial charge in [-0.3, -0.25) is 4.57 Å². The van der Waals surface area contributed by atoms with Crippen LogP contribution in [0.5, 0.6) is 0 Å². The Balaban J connectivity index is 1.48. The molecule has 3 N–H and O–H groups in total. The number of halogens is 2. The van der Waals surface area contributed by atoms with E-state index in [1.165, 1.54) is 6.07 Å². The number of nitrogens with one attached hydrogen (secondary N) is 2. The third-order valence-electron chi connectivity index (χ3n) is 7.45. The molecular weight excluding hydrogens is 494 g/mol. The van der Waals surface area contributed by atoms with Crippen molar-refractivity contribution in [3.05, 3.63) is 36.2 Å². The van der Waals surface area contributed by atoms with Crippen LogP contribution in [-0.4, -0.2) is 57.5 Å². The summed E-state index contributed by atoms with van der Waals surface area (Å²) in [7, 11) is -3.85. The van der Waals surface area contributed by atoms with Gasteiger partial charge in [0, 0.05) is 24.4 Å². The summed E-state index contributed by atoms with van der Waals surface area (Å²) < 4.78 is 53.7. The van der Waals surface area contributed by atoms with Gasteiger partial charge in [-0.15, -0.1) is 0 Å². The molecule has 0 atom stereocenters. The molecular formula is C23H26F2N6O4S. The van der Waals surface area contributed by atoms with Gasteiger partial charge in [0.25, 0.3) is 11.6 Å². The molecule has 0 saturated heterocycles. The molecule has 2 bridgehead atoms. The highest BCUT2D eigenvalue weighted by Gasteiger charge is 2.49. The van der Waals surface area contributed by atoms with Gasteiger partial charge in [-0.2, -0.15) is 0 Å². The Bertz CT molecular complexity index is 1420. The normalized spacial score (nSPS) is 23.8. The van der Waals surface area contributed by atoms with E-state index in [0.717, 1.165) is 49.3 Å². The van der Waals surface area contributed by atoms with Crippen molar-refractivity contribution in [3.8, 4) is 5.82 Å². The van der Waals surface area contributed by atoms with Crippen molar-refractivity contribution in [2.75, 3.05) is 18.1 Å². The molecule has 1 amide bonds. The van der Waals surface area contributed by atoms with Crippen LogP contribution < -0.4 is 10.6 Å². The van der Waals surface area contributed by atoms with Gasteiger partial charge in [-0.05, 0) is 56.1 Å². The van der Waals surface area contributed by atoms with E-state index in [0.29, 0.717) is 17.6 Å². The molecule has 2 aromatic heterocycles. The number of rotatable bonds is 7. The van der Waals surface area contributed by atoms with E-state index in [4.69, 9.17) is 0 Å². The number of benzene rings is 1. The monoisotopic (exact) mass is 520 g/mol. The smallest absolute Gasteiger partial charge is 0.405 e. The van der Waals surface area contributed by atoms with E-state index in [1.54, 1.807) is 24.3 Å². The average Bonchev–Trinajstić information content (AvgIpc) is 3.23. The largest absolute Gasteiger partial charge is 0.465 e. The van der Waals surface area contributed by atoms with Crippen LogP contribution in [0.3, 0.4) is 0 Å². The number of aromatic nitrogens is 4. The van der Waals surface area contributed by atoms with Gasteiger partial charge in [-0.25, -0.2) is 36.9 Å². The minimum Gasteiger partial charge on any atom is -0.465 e. The summed E-state index contributed by atoms with van der Waals surface area (Å²) in [4.78, 5) is 23.5. The third-order valence-corrected chi connectivity index (χ3v) is 8.30. The molecule has 192 valence electrons. The van der Waals surface area contributed by atoms with E-state index in [1.807, 2.05) is 0 Å². The molecule has 0 spiro atoms. The summed E-state index contributed by atoms with van der Waals surface area (Å²) in [6.45, 7) is 0.488. The summed E-state index contributed by atoms with van der Waals surface area (Å²) in [5.74, 6) is -0.356. The fourth-order valence-corrected chi connectivity index (χ4v) is 5.96. The second kappa shape index (κ2) is 8.64. The minimum absolute atomic E-state index is 0.0219. The molecule has 0 aliphatic heterocycles. The number of para-hydroxylation sites is 2. The van der Waals surface area contributed by atoms with Gasteiger partial charge >= 0.3 is 6.09 Å². The van der Waals surface area contributed by atoms with Crippen LogP contribution in [0.15, 0.2) is 35.5 Å². The Morgan fingerprint density at radius 3 is 2.39 bits per heavy atom. The molecule has 13 heteroatoms. The summed E-state index contributed by atoms with van der Waals surface area (Å²) in [6, 6.07) is 8.02. The standard InChI is InChI=1S/C23H26F2N6O4S/c1-36(34,35)20-28-16(26-13-22-6-9-23(10-7-22,11-8-22)30-21(32)33)12-17(29-20)31-15-5-3-2-4-14(15)27-19(31)18(24)25/h2-5,12,18,30H,6-11,13H2,1H3,(H,32,33)(H,26,28,29). The van der Waals surface area contributed by atoms with Crippen molar-refractivity contribution in [3.63, 3.8) is 0 Å². The second-order valence-corrected chi connectivity index (χ2v) is 11.7. The molecule has 6 rings (SSSR count). The Labute approximate surface area is 206 Å². The second-order valence-electron chi connectivity index (χ2n) is 9.82. The van der Waals surface area contributed by atoms with Gasteiger partial charge in [-0.1, -0.05) is 12.1 Å². The average molecular weight is 521 g/mol. The highest BCUT2D eigenvalue weighted by Crippen LogP contribution is 2.52. The lowest BCUT2D eigenvalue weighted by molar-refractivity contribution is 0.0338. The lowest BCUT2D eigenvalue weighted by atomic mass is 9.57. The molecule has 3 aliphatic carbocycles. The minimum atomic E-state index is -3.85. The number of amides is 1. The van der Waals surface area contributed by atoms with Crippen LogP contribution in [0.1, 0.15) is 50.8 Å². The molecule has 36 heavy (non-hydrogen) atoms. The number of hydrogen-bond donors (Lipinski definition) is 3. The Morgan fingerprint density at radius 2 is 1.78 bits per heavy atom. The van der Waals surface area contributed by atoms with E-state index in [9.17, 15) is 27.1 Å². The third kappa shape index (κ3) is 4.47. The maximum absolute atomic E-state index is 13.9. The van der Waals surface area contributed by atoms with Crippen LogP contribution in [0, 0.1) is 5.41 Å². The SMILES string of the molecule is CS(=O)(=O)c1nc(NCC23CCC(NC(=O)O)(CC2)CC3)cc(-n2c(C(F)F)nc3ccccc32)n1. The Hall–Kier alpha value is -3.35. The zero-order valence-corrected chi connectivity index (χ0v) is 20.4. The Kier molecular flexibility index (Phi) is 5.85. The van der Waals surface area contributed by atoms with E-state index < -0.39 is 33.3 Å². The van der Waals surface area contributed by atoms with Crippen molar-refractivity contribution in [1.29, 1.82) is 0 Å². The van der Waals surface area contributed by atoms with Crippen LogP contribution in [0.4, 0.5) is 19.4 Å². The number of carboxylic acid groups (broad SMARTS) is 1. The number of fused-ring (bicyclic) bond motifs is 4. The molecule has 0 radical (unpaired) electrons. The number of anilines is 1. The number of alkyl halides is 2. The highest BCUT2D eigenvalue weighted by atomic mass is 32.2. The first-order valence-corrected chi connectivity index (χ1v) is 13.5. The van der Waals surface area contributed by atoms with Crippen LogP contribution in [0.25, 0.3) is 16.9 Å². The maximum atomic E-state index is 13.9. The molecule has 3 saturated carbocycles. The number of sulfone groups is 1. The predicted octanol–water partition coefficient (Wildman–Crippen LogP) is 3.93. The lowest BCUT2D eigenvalue weighted by Gasteiger charge is -2.53. The van der Waals surface area contributed by atoms with Crippen molar-refractivity contribution >= 4 is 32.8 Å². The quantitative estimate of drug-likeness (QED) is 0.398. The fraction of sp³-hybridized carbons (Fsp3) is 0.478. The molecule has 1 aromatic carbocycles. The first-order valence-electron chi connectivity index (χ1n) is 11.6. The summed E-state index contributed by atoms with van der Waals surface area (Å²) in [5, 5.41) is 14.6. The topological polar surface area (TPSA) is 139 Å². The fourth-order valence-electron chi connectivity index (χ4n) is 5.44. The van der Waals surface area contributed by atoms with Gasteiger partial charge in [0.1, 0.15) is 11.6 Å². The molecule has 2 heterocycles. The van der Waals surface area contributed by atoms with Crippen LogP contribution in [0.2, 0.25) is 0 Å². The Morgan fingerprint density at radius 1 is 1.11 bits per heavy atom. The van der Waals surface area contributed by atoms with Crippen molar-refractivity contribution < 1.29 is 27.1 Å². The highest BCUT2D eigenvalue weighted by molar-refractivity contribution is 7.90. The number of hydrogen-bond acceptors (Lipinski definition) is 7. The number of nitrogens with zero attached hydrogens (tertiary/aromatic N) is 4. The first-order chi connectivity index (χ1) is 17.0. The molecule has 10 nitrogen and oxygen atoms in total.